The molecular formula is C10H14N5O7P. The van der Waals surface area contributed by atoms with Gasteiger partial charge in [0.25, 0.3) is 0 Å². The fourth-order valence-electron chi connectivity index (χ4n) is 1.58. The third-order valence-corrected chi connectivity index (χ3v) is 2.80. The third kappa shape index (κ3) is 3.05. The van der Waals surface area contributed by atoms with Gasteiger partial charge in [0, 0.05) is 0 Å². The second-order valence-corrected chi connectivity index (χ2v) is 5.11. The molecule has 3 heterocycles. The minimum absolute atomic E-state index is 0.0861. The van der Waals surface area contributed by atoms with Crippen LogP contribution in [0.1, 0.15) is 17.2 Å². The Morgan fingerprint density at radius 2 is 2.39 bits per heavy atom. The zero-order valence-corrected chi connectivity index (χ0v) is 11.5. The minimum Gasteiger partial charge on any atom is -0.387 e. The molecule has 0 radical (unpaired) electrons. The van der Waals surface area contributed by atoms with E-state index in [0.29, 0.717) is 0 Å². The molecule has 1 unspecified atom stereocenters. The Morgan fingerprint density at radius 3 is 3.09 bits per heavy atom. The van der Waals surface area contributed by atoms with E-state index in [4.69, 9.17) is 31.2 Å². The summed E-state index contributed by atoms with van der Waals surface area (Å²) in [5.74, 6) is -0.720. The highest BCUT2D eigenvalue weighted by Crippen LogP contribution is 2.38. The van der Waals surface area contributed by atoms with Gasteiger partial charge in [0.2, 0.25) is 2.86 Å². The summed E-state index contributed by atoms with van der Waals surface area (Å²) in [4.78, 5) is 28.7. The van der Waals surface area contributed by atoms with Crippen LogP contribution in [-0.2, 0) is 13.8 Å². The van der Waals surface area contributed by atoms with Crippen LogP contribution in [0.5, 0.6) is 0 Å². The second-order valence-electron chi connectivity index (χ2n) is 3.95. The summed E-state index contributed by atoms with van der Waals surface area (Å²) in [6.45, 7) is -4.15. The molecule has 1 aliphatic heterocycles. The van der Waals surface area contributed by atoms with Crippen molar-refractivity contribution in [3.63, 3.8) is 0 Å². The number of nitrogen functional groups attached to an aromatic ring is 1. The largest absolute Gasteiger partial charge is 0.469 e. The van der Waals surface area contributed by atoms with E-state index in [1.165, 1.54) is 0 Å². The smallest absolute Gasteiger partial charge is 0.387 e. The molecule has 0 spiro atoms. The van der Waals surface area contributed by atoms with Crippen LogP contribution in [-0.4, -0.2) is 67.2 Å². The van der Waals surface area contributed by atoms with Crippen molar-refractivity contribution in [1.29, 1.82) is 2.86 Å². The van der Waals surface area contributed by atoms with Crippen molar-refractivity contribution in [1.82, 2.24) is 19.5 Å². The highest BCUT2D eigenvalue weighted by atomic mass is 31.2. The van der Waals surface area contributed by atoms with Crippen LogP contribution < -0.4 is 5.72 Å². The predicted octanol–water partition coefficient (Wildman–Crippen LogP) is -1.86. The summed E-state index contributed by atoms with van der Waals surface area (Å²) < 4.78 is 115. The Balaban J connectivity index is 2.42. The first kappa shape index (κ1) is 7.07. The molecule has 2 aromatic rings. The Hall–Kier alpha value is -1.66. The minimum atomic E-state index is -5.81. The summed E-state index contributed by atoms with van der Waals surface area (Å²) in [6.07, 6.45) is -17.7. The zero-order chi connectivity index (χ0) is 27.0. The van der Waals surface area contributed by atoms with Crippen LogP contribution in [0.15, 0.2) is 12.6 Å². The number of phosphoric acid groups is 1. The Kier molecular flexibility index (Phi) is 1.77. The van der Waals surface area contributed by atoms with Gasteiger partial charge < -0.3 is 30.5 Å². The molecule has 0 bridgehead atoms. The van der Waals surface area contributed by atoms with E-state index in [9.17, 15) is 4.57 Å². The molecule has 1 fully saturated rings. The number of ether oxygens (including phenoxy) is 1. The number of rotatable bonds is 7. The van der Waals surface area contributed by atoms with Crippen LogP contribution >= 0.6 is 7.82 Å². The van der Waals surface area contributed by atoms with Crippen molar-refractivity contribution in [2.75, 3.05) is 12.3 Å². The first-order valence-electron chi connectivity index (χ1n) is 11.2. The molecule has 0 aliphatic carbocycles. The first-order chi connectivity index (χ1) is 15.7. The monoisotopic (exact) mass is 374 g/mol. The summed E-state index contributed by atoms with van der Waals surface area (Å²) in [5, 5.41) is 8.10. The van der Waals surface area contributed by atoms with Gasteiger partial charge >= 0.3 is 7.82 Å². The van der Waals surface area contributed by atoms with E-state index >= 15 is 0 Å². The molecule has 23 heavy (non-hydrogen) atoms. The van der Waals surface area contributed by atoms with Crippen molar-refractivity contribution in [2.24, 2.45) is 0 Å². The Bertz CT molecular complexity index is 1220. The highest BCUT2D eigenvalue weighted by Gasteiger charge is 2.45. The maximum absolute atomic E-state index is 11.3. The van der Waals surface area contributed by atoms with E-state index in [-0.39, 0.29) is 10.3 Å². The average molecular weight is 374 g/mol. The Morgan fingerprint density at radius 1 is 1.57 bits per heavy atom. The van der Waals surface area contributed by atoms with Crippen LogP contribution in [0.3, 0.4) is 0 Å². The number of imidazole rings is 1. The molecule has 2 aromatic heterocycles. The number of phosphoric ester groups is 1. The van der Waals surface area contributed by atoms with Gasteiger partial charge in [-0.3, -0.25) is 9.09 Å². The lowest BCUT2D eigenvalue weighted by atomic mass is 11.1. The number of hydrogen-bond acceptors (Lipinski definition) is 9. The molecule has 6 N–H and O–H groups in total. The molecule has 1 aliphatic rings. The lowest BCUT2D eigenvalue weighted by molar-refractivity contribution is -0.0504. The zero-order valence-electron chi connectivity index (χ0n) is 22.6. The molecule has 1 saturated heterocycles. The van der Waals surface area contributed by atoms with E-state index in [2.05, 4.69) is 29.7 Å². The first-order valence-corrected chi connectivity index (χ1v) is 7.05. The topological polar surface area (TPSA) is 186 Å². The van der Waals surface area contributed by atoms with Gasteiger partial charge in [0.15, 0.2) is 20.5 Å². The average Bonchev–Trinajstić information content (AvgIpc) is 3.11. The summed E-state index contributed by atoms with van der Waals surface area (Å²) >= 11 is 0. The molecule has 0 amide bonds. The fraction of sp³-hybridized carbons (Fsp3) is 0.500. The second kappa shape index (κ2) is 5.76. The lowest BCUT2D eigenvalue weighted by Crippen LogP contribution is -2.33. The van der Waals surface area contributed by atoms with Gasteiger partial charge in [-0.05, 0) is 0 Å². The van der Waals surface area contributed by atoms with Gasteiger partial charge in [0.1, 0.15) is 32.8 Å². The molecular weight excluding hydrogens is 348 g/mol. The standard InChI is InChI=1S/C10H14N5O7P/c11-8-5-9(13-2-12-8)15(3-14-5)10-7(17)6(16)4(22-10)1-21-23(18,19)20/h2-4,6-7,10,16-17H,1H2,(H2,11,12,13)(H2,18,19,20)/t4-,6-,7?,10-/m1/s1/i1+1D2,2+1D,3+1D,4+1D,5+1,6+1D,7+1D,8+1,9+1,10+1D,11+1,12+1,13+1,14+1,15+1,16D,17D/hD2. The molecule has 126 valence electrons. The van der Waals surface area contributed by atoms with E-state index < -0.39 is 68.4 Å². The van der Waals surface area contributed by atoms with E-state index in [0.717, 1.165) is 0 Å². The van der Waals surface area contributed by atoms with E-state index in [1.807, 2.05) is 0 Å². The van der Waals surface area contributed by atoms with Gasteiger partial charge in [-0.25, -0.2) is 19.5 Å². The number of fused-ring (bicyclic) bond motifs is 1. The van der Waals surface area contributed by atoms with Crippen LogP contribution in [0.25, 0.3) is 11.2 Å². The maximum Gasteiger partial charge on any atom is 0.469 e. The van der Waals surface area contributed by atoms with Crippen molar-refractivity contribution < 1.29 is 47.6 Å². The van der Waals surface area contributed by atoms with Crippen molar-refractivity contribution in [3.05, 3.63) is 12.6 Å². The predicted molar refractivity (Wildman–Crippen MR) is 73.7 cm³/mol. The van der Waals surface area contributed by atoms with Crippen molar-refractivity contribution >= 4 is 24.8 Å². The van der Waals surface area contributed by atoms with Gasteiger partial charge in [-0.2, -0.15) is 0 Å². The van der Waals surface area contributed by atoms with Crippen LogP contribution in [0.2, 0.25) is 2.82 Å². The van der Waals surface area contributed by atoms with Gasteiger partial charge in [0.05, 0.1) is 21.1 Å². The van der Waals surface area contributed by atoms with Gasteiger partial charge in [-0.1, -0.05) is 0 Å². The van der Waals surface area contributed by atoms with E-state index in [1.54, 1.807) is 0 Å². The number of nitrogens with two attached hydrogens (primary N) is 1. The quantitative estimate of drug-likeness (QED) is 0.208. The SMILES string of the molecule is [2H]O[13C]1([2H])[13C@]([2H])([15n]2[13c]([2H])[15n][13c]3[13c]([15N]([2H])[2H])[15n][13c]([2H])[15n][13c]32)O[13C@]([2H])([13C]([2H])([2H])OP(=O)(O)O)[13C@@]1([2H])O[2H]. The van der Waals surface area contributed by atoms with Crippen molar-refractivity contribution in [2.45, 2.75) is 24.4 Å². The normalized spacial score (nSPS) is 49.1. The molecule has 0 aromatic carbocycles. The summed E-state index contributed by atoms with van der Waals surface area (Å²) in [7, 11) is -5.81. The summed E-state index contributed by atoms with van der Waals surface area (Å²) in [5.41, 5.74) is -1.60. The third-order valence-electron chi connectivity index (χ3n) is 2.47. The molecule has 0 saturated carbocycles. The number of anilines is 1. The number of hydrogen-bond donors (Lipinski definition) is 5. The summed E-state index contributed by atoms with van der Waals surface area (Å²) in [6, 6.07) is 0. The van der Waals surface area contributed by atoms with Crippen LogP contribution in [0.4, 0.5) is 5.82 Å². The molecule has 3 rings (SSSR count). The lowest BCUT2D eigenvalue weighted by Gasteiger charge is -2.16. The van der Waals surface area contributed by atoms with Crippen LogP contribution in [0, 0.1) is 0 Å². The van der Waals surface area contributed by atoms with Gasteiger partial charge in [-0.15, -0.1) is 0 Å². The molecule has 13 heteroatoms. The maximum atomic E-state index is 11.3. The molecule has 4 atom stereocenters. The fourth-order valence-corrected chi connectivity index (χ4v) is 1.78. The molecule has 12 nitrogen and oxygen atoms in total. The number of nitrogens with zero attached hydrogens (tertiary/aromatic N) is 4. The Labute approximate surface area is 145 Å². The number of aliphatic hydroxyl groups is 2. The highest BCUT2D eigenvalue weighted by molar-refractivity contribution is 7.46. The van der Waals surface area contributed by atoms with Crippen molar-refractivity contribution in [3.8, 4) is 0 Å². The number of aromatic nitrogens is 4.